The summed E-state index contributed by atoms with van der Waals surface area (Å²) in [7, 11) is 0. The topological polar surface area (TPSA) is 70.1 Å². The molecule has 0 unspecified atom stereocenters. The van der Waals surface area contributed by atoms with Crippen LogP contribution in [-0.2, 0) is 5.54 Å². The first-order valence-corrected chi connectivity index (χ1v) is 11.9. The molecular weight excluding hydrogens is 486 g/mol. The fourth-order valence-electron chi connectivity index (χ4n) is 5.63. The molecule has 1 aliphatic heterocycles. The zero-order valence-electron chi connectivity index (χ0n) is 20.1. The van der Waals surface area contributed by atoms with Crippen molar-refractivity contribution in [3.63, 3.8) is 0 Å². The molecule has 0 saturated heterocycles. The van der Waals surface area contributed by atoms with Crippen molar-refractivity contribution in [1.29, 1.82) is 0 Å². The van der Waals surface area contributed by atoms with Gasteiger partial charge in [-0.2, -0.15) is 0 Å². The van der Waals surface area contributed by atoms with E-state index in [-0.39, 0.29) is 29.2 Å². The number of carbonyl (C=O) groups is 1. The second-order valence-corrected chi connectivity index (χ2v) is 10.3. The molecule has 2 heterocycles. The molecule has 6 rings (SSSR count). The van der Waals surface area contributed by atoms with Crippen LogP contribution in [0.3, 0.4) is 0 Å². The fraction of sp³-hybridized carbons (Fsp3) is 0.286. The van der Waals surface area contributed by atoms with E-state index in [9.17, 15) is 18.0 Å². The Morgan fingerprint density at radius 3 is 2.46 bits per heavy atom. The molecule has 2 bridgehead atoms. The van der Waals surface area contributed by atoms with Crippen LogP contribution in [0.1, 0.15) is 66.0 Å². The van der Waals surface area contributed by atoms with Crippen molar-refractivity contribution in [1.82, 2.24) is 9.55 Å². The summed E-state index contributed by atoms with van der Waals surface area (Å²) in [6, 6.07) is 13.8. The summed E-state index contributed by atoms with van der Waals surface area (Å²) in [6.07, 6.45) is -4.40. The van der Waals surface area contributed by atoms with Crippen molar-refractivity contribution in [2.75, 3.05) is 0 Å². The number of Topliss-reactive ketones (excluding diaryl/α,β-unsaturated/α-hetero) is 1. The van der Waals surface area contributed by atoms with E-state index < -0.39 is 29.5 Å². The normalized spacial score (nSPS) is 19.1. The van der Waals surface area contributed by atoms with E-state index in [0.29, 0.717) is 34.4 Å². The Hall–Kier alpha value is -3.72. The molecule has 0 radical (unpaired) electrons. The minimum Gasteiger partial charge on any atom is -0.405 e. The minimum absolute atomic E-state index is 0.105. The van der Waals surface area contributed by atoms with Crippen molar-refractivity contribution in [3.8, 4) is 16.9 Å². The lowest BCUT2D eigenvalue weighted by Gasteiger charge is -2.22. The minimum atomic E-state index is -4.91. The number of rotatable bonds is 3. The summed E-state index contributed by atoms with van der Waals surface area (Å²) in [5.41, 5.74) is 8.86. The van der Waals surface area contributed by atoms with Gasteiger partial charge in [-0.05, 0) is 43.5 Å². The zero-order chi connectivity index (χ0) is 26.3. The van der Waals surface area contributed by atoms with Gasteiger partial charge in [0.05, 0.1) is 17.1 Å². The van der Waals surface area contributed by atoms with Gasteiger partial charge in [0.1, 0.15) is 17.4 Å². The zero-order valence-corrected chi connectivity index (χ0v) is 20.1. The van der Waals surface area contributed by atoms with Crippen LogP contribution in [0, 0.1) is 5.82 Å². The lowest BCUT2D eigenvalue weighted by atomic mass is 9.93. The van der Waals surface area contributed by atoms with Gasteiger partial charge >= 0.3 is 6.36 Å². The summed E-state index contributed by atoms with van der Waals surface area (Å²) in [5.74, 6) is -0.861. The third kappa shape index (κ3) is 3.89. The molecule has 2 atom stereocenters. The van der Waals surface area contributed by atoms with Crippen LogP contribution in [0.2, 0.25) is 0 Å². The van der Waals surface area contributed by atoms with Gasteiger partial charge in [0.25, 0.3) is 0 Å². The molecule has 9 heteroatoms. The standard InChI is InChI=1S/C28H23F4N3O2/c1-27(2,33)16-8-6-14(7-9-16)18-12-21-20(13-19(18)29)34-26-15-10-22(35(21)26)25-17(23(36)11-15)4-3-5-24(25)37-28(30,31)32/h3-9,12-13,15,22H,10-11,33H2,1-2H3/t15-,22-/m1/s1. The average molecular weight is 510 g/mol. The van der Waals surface area contributed by atoms with Gasteiger partial charge < -0.3 is 15.0 Å². The van der Waals surface area contributed by atoms with E-state index in [0.717, 1.165) is 5.56 Å². The molecule has 190 valence electrons. The van der Waals surface area contributed by atoms with Gasteiger partial charge in [0.15, 0.2) is 5.78 Å². The largest absolute Gasteiger partial charge is 0.573 e. The predicted octanol–water partition coefficient (Wildman–Crippen LogP) is 6.60. The maximum atomic E-state index is 15.3. The number of nitrogens with two attached hydrogens (primary N) is 1. The Labute approximate surface area is 209 Å². The Kier molecular flexibility index (Phi) is 5.04. The van der Waals surface area contributed by atoms with Gasteiger partial charge in [0.2, 0.25) is 0 Å². The van der Waals surface area contributed by atoms with E-state index in [1.54, 1.807) is 18.2 Å². The number of hydrogen-bond donors (Lipinski definition) is 1. The Morgan fingerprint density at radius 1 is 1.05 bits per heavy atom. The van der Waals surface area contributed by atoms with Crippen molar-refractivity contribution in [2.24, 2.45) is 5.73 Å². The highest BCUT2D eigenvalue weighted by Gasteiger charge is 2.44. The Morgan fingerprint density at radius 2 is 1.78 bits per heavy atom. The van der Waals surface area contributed by atoms with E-state index >= 15 is 4.39 Å². The summed E-state index contributed by atoms with van der Waals surface area (Å²) < 4.78 is 61.2. The second-order valence-electron chi connectivity index (χ2n) is 10.3. The first kappa shape index (κ1) is 23.7. The lowest BCUT2D eigenvalue weighted by Crippen LogP contribution is -2.28. The number of ether oxygens (including phenoxy) is 1. The summed E-state index contributed by atoms with van der Waals surface area (Å²) in [4.78, 5) is 17.6. The van der Waals surface area contributed by atoms with E-state index in [4.69, 9.17) is 5.73 Å². The summed E-state index contributed by atoms with van der Waals surface area (Å²) >= 11 is 0. The number of hydrogen-bond acceptors (Lipinski definition) is 4. The molecule has 2 N–H and O–H groups in total. The number of ketones is 1. The maximum Gasteiger partial charge on any atom is 0.573 e. The number of fused-ring (bicyclic) bond motifs is 9. The third-order valence-corrected chi connectivity index (χ3v) is 7.29. The molecule has 4 aromatic rings. The van der Waals surface area contributed by atoms with Crippen molar-refractivity contribution in [3.05, 3.63) is 82.9 Å². The number of halogens is 4. The third-order valence-electron chi connectivity index (χ3n) is 7.29. The highest BCUT2D eigenvalue weighted by Crippen LogP contribution is 2.51. The fourth-order valence-corrected chi connectivity index (χ4v) is 5.63. The SMILES string of the molecule is CC(C)(N)c1ccc(-c2cc3c(cc2F)nc2n3[C@@H]3C[C@@H]2CC(=O)c2cccc(OC(F)(F)F)c23)cc1. The Bertz CT molecular complexity index is 1570. The van der Waals surface area contributed by atoms with E-state index in [2.05, 4.69) is 9.72 Å². The van der Waals surface area contributed by atoms with Gasteiger partial charge in [0, 0.05) is 40.6 Å². The highest BCUT2D eigenvalue weighted by atomic mass is 19.4. The number of imidazole rings is 1. The number of benzene rings is 3. The van der Waals surface area contributed by atoms with Crippen LogP contribution >= 0.6 is 0 Å². The quantitative estimate of drug-likeness (QED) is 0.316. The lowest BCUT2D eigenvalue weighted by molar-refractivity contribution is -0.275. The first-order chi connectivity index (χ1) is 17.4. The molecule has 0 amide bonds. The molecule has 0 fully saturated rings. The number of nitrogens with zero attached hydrogens (tertiary/aromatic N) is 2. The molecule has 2 aliphatic rings. The molecule has 1 aliphatic carbocycles. The van der Waals surface area contributed by atoms with Crippen molar-refractivity contribution >= 4 is 16.8 Å². The van der Waals surface area contributed by atoms with Crippen LogP contribution in [0.25, 0.3) is 22.2 Å². The highest BCUT2D eigenvalue weighted by molar-refractivity contribution is 6.00. The summed E-state index contributed by atoms with van der Waals surface area (Å²) in [6.45, 7) is 3.76. The monoisotopic (exact) mass is 509 g/mol. The van der Waals surface area contributed by atoms with Gasteiger partial charge in [-0.25, -0.2) is 9.37 Å². The van der Waals surface area contributed by atoms with Crippen LogP contribution in [-0.4, -0.2) is 21.7 Å². The molecule has 0 spiro atoms. The smallest absolute Gasteiger partial charge is 0.405 e. The number of carbonyl (C=O) groups excluding carboxylic acids is 1. The maximum absolute atomic E-state index is 15.3. The first-order valence-electron chi connectivity index (χ1n) is 11.9. The summed E-state index contributed by atoms with van der Waals surface area (Å²) in [5, 5.41) is 0. The second kappa shape index (κ2) is 7.89. The molecule has 0 saturated carbocycles. The average Bonchev–Trinajstić information content (AvgIpc) is 3.28. The number of aromatic nitrogens is 2. The van der Waals surface area contributed by atoms with Crippen LogP contribution in [0.5, 0.6) is 5.75 Å². The van der Waals surface area contributed by atoms with Crippen molar-refractivity contribution in [2.45, 2.75) is 50.6 Å². The van der Waals surface area contributed by atoms with E-state index in [1.165, 1.54) is 24.3 Å². The van der Waals surface area contributed by atoms with E-state index in [1.807, 2.05) is 30.5 Å². The van der Waals surface area contributed by atoms with Crippen LogP contribution in [0.4, 0.5) is 17.6 Å². The van der Waals surface area contributed by atoms with Gasteiger partial charge in [-0.15, -0.1) is 13.2 Å². The number of alkyl halides is 3. The van der Waals surface area contributed by atoms with Crippen LogP contribution in [0.15, 0.2) is 54.6 Å². The van der Waals surface area contributed by atoms with Gasteiger partial charge in [-0.3, -0.25) is 4.79 Å². The van der Waals surface area contributed by atoms with Gasteiger partial charge in [-0.1, -0.05) is 36.4 Å². The molecule has 5 nitrogen and oxygen atoms in total. The molecule has 3 aromatic carbocycles. The van der Waals surface area contributed by atoms with Crippen LogP contribution < -0.4 is 10.5 Å². The molecule has 1 aromatic heterocycles. The Balaban J connectivity index is 1.53. The van der Waals surface area contributed by atoms with Crippen molar-refractivity contribution < 1.29 is 27.1 Å². The predicted molar refractivity (Wildman–Crippen MR) is 130 cm³/mol. The molecular formula is C28H23F4N3O2. The molecule has 37 heavy (non-hydrogen) atoms.